The highest BCUT2D eigenvalue weighted by atomic mass is 19.1. The lowest BCUT2D eigenvalue weighted by molar-refractivity contribution is 0.407. The Morgan fingerprint density at radius 1 is 1.10 bits per heavy atom. The molecule has 1 fully saturated rings. The molecule has 1 aliphatic rings. The lowest BCUT2D eigenvalue weighted by Gasteiger charge is -2.12. The van der Waals surface area contributed by atoms with Crippen molar-refractivity contribution < 1.29 is 9.13 Å². The first kappa shape index (κ1) is 13.1. The number of hydrogen-bond donors (Lipinski definition) is 1. The van der Waals surface area contributed by atoms with Gasteiger partial charge in [-0.05, 0) is 48.2 Å². The predicted octanol–water partition coefficient (Wildman–Crippen LogP) is 3.75. The maximum atomic E-state index is 13.0. The second-order valence-corrected chi connectivity index (χ2v) is 5.19. The van der Waals surface area contributed by atoms with Crippen LogP contribution in [-0.4, -0.2) is 13.2 Å². The molecule has 2 aromatic rings. The Balaban J connectivity index is 1.87. The van der Waals surface area contributed by atoms with Crippen LogP contribution in [0.1, 0.15) is 18.4 Å². The Labute approximate surface area is 118 Å². The van der Waals surface area contributed by atoms with E-state index in [0.29, 0.717) is 6.04 Å². The van der Waals surface area contributed by atoms with Crippen LogP contribution in [0.5, 0.6) is 5.75 Å². The maximum Gasteiger partial charge on any atom is 0.123 e. The average Bonchev–Trinajstić information content (AvgIpc) is 3.30. The molecular weight excluding hydrogens is 253 g/mol. The van der Waals surface area contributed by atoms with Crippen molar-refractivity contribution in [3.63, 3.8) is 0 Å². The zero-order valence-electron chi connectivity index (χ0n) is 11.5. The zero-order chi connectivity index (χ0) is 13.9. The monoisotopic (exact) mass is 271 g/mol. The van der Waals surface area contributed by atoms with Crippen LogP contribution in [0.2, 0.25) is 0 Å². The zero-order valence-corrected chi connectivity index (χ0v) is 11.5. The molecule has 0 aromatic heterocycles. The summed E-state index contributed by atoms with van der Waals surface area (Å²) in [6.45, 7) is 0.808. The van der Waals surface area contributed by atoms with Gasteiger partial charge in [-0.25, -0.2) is 4.39 Å². The first-order valence-corrected chi connectivity index (χ1v) is 6.92. The van der Waals surface area contributed by atoms with Gasteiger partial charge in [-0.3, -0.25) is 0 Å². The number of hydrogen-bond acceptors (Lipinski definition) is 2. The normalized spacial score (nSPS) is 14.3. The Hall–Kier alpha value is -1.87. The summed E-state index contributed by atoms with van der Waals surface area (Å²) in [6, 6.07) is 13.3. The number of halogens is 1. The van der Waals surface area contributed by atoms with Crippen LogP contribution in [0.15, 0.2) is 42.5 Å². The van der Waals surface area contributed by atoms with Gasteiger partial charge in [-0.2, -0.15) is 0 Å². The van der Waals surface area contributed by atoms with E-state index in [-0.39, 0.29) is 5.82 Å². The largest absolute Gasteiger partial charge is 0.496 e. The molecule has 2 nitrogen and oxygen atoms in total. The second-order valence-electron chi connectivity index (χ2n) is 5.19. The molecular formula is C17H18FNO. The third kappa shape index (κ3) is 2.99. The van der Waals surface area contributed by atoms with Crippen molar-refractivity contribution in [2.24, 2.45) is 0 Å². The van der Waals surface area contributed by atoms with E-state index in [1.54, 1.807) is 19.2 Å². The molecule has 0 heterocycles. The van der Waals surface area contributed by atoms with Crippen LogP contribution in [0.3, 0.4) is 0 Å². The number of rotatable bonds is 5. The van der Waals surface area contributed by atoms with Gasteiger partial charge in [-0.1, -0.05) is 18.2 Å². The molecule has 2 aromatic carbocycles. The van der Waals surface area contributed by atoms with Crippen molar-refractivity contribution in [3.8, 4) is 16.9 Å². The van der Waals surface area contributed by atoms with Gasteiger partial charge >= 0.3 is 0 Å². The summed E-state index contributed by atoms with van der Waals surface area (Å²) in [5.41, 5.74) is 3.24. The molecule has 0 radical (unpaired) electrons. The second kappa shape index (κ2) is 5.63. The highest BCUT2D eigenvalue weighted by molar-refractivity contribution is 5.65. The van der Waals surface area contributed by atoms with Gasteiger partial charge in [0.1, 0.15) is 11.6 Å². The average molecular weight is 271 g/mol. The molecule has 1 aliphatic carbocycles. The maximum absolute atomic E-state index is 13.0. The van der Waals surface area contributed by atoms with E-state index in [2.05, 4.69) is 11.4 Å². The van der Waals surface area contributed by atoms with Crippen molar-refractivity contribution in [2.75, 3.05) is 7.11 Å². The fourth-order valence-electron chi connectivity index (χ4n) is 2.28. The third-order valence-corrected chi connectivity index (χ3v) is 3.62. The standard InChI is InChI=1S/C17H18FNO/c1-20-17-9-4-13(12-2-5-15(18)6-3-12)10-14(17)11-19-16-7-8-16/h2-6,9-10,16,19H,7-8,11H2,1H3. The van der Waals surface area contributed by atoms with Crippen molar-refractivity contribution in [1.82, 2.24) is 5.32 Å². The molecule has 1 N–H and O–H groups in total. The fourth-order valence-corrected chi connectivity index (χ4v) is 2.28. The summed E-state index contributed by atoms with van der Waals surface area (Å²) in [7, 11) is 1.69. The summed E-state index contributed by atoms with van der Waals surface area (Å²) < 4.78 is 18.4. The molecule has 0 amide bonds. The molecule has 3 heteroatoms. The number of nitrogens with one attached hydrogen (secondary N) is 1. The molecule has 0 aliphatic heterocycles. The first-order valence-electron chi connectivity index (χ1n) is 6.92. The van der Waals surface area contributed by atoms with E-state index >= 15 is 0 Å². The van der Waals surface area contributed by atoms with Crippen LogP contribution >= 0.6 is 0 Å². The van der Waals surface area contributed by atoms with Crippen molar-refractivity contribution in [2.45, 2.75) is 25.4 Å². The third-order valence-electron chi connectivity index (χ3n) is 3.62. The smallest absolute Gasteiger partial charge is 0.123 e. The highest BCUT2D eigenvalue weighted by Gasteiger charge is 2.20. The van der Waals surface area contributed by atoms with Crippen LogP contribution < -0.4 is 10.1 Å². The minimum Gasteiger partial charge on any atom is -0.496 e. The molecule has 0 atom stereocenters. The van der Waals surface area contributed by atoms with E-state index in [4.69, 9.17) is 4.74 Å². The molecule has 0 unspecified atom stereocenters. The van der Waals surface area contributed by atoms with Crippen LogP contribution in [0, 0.1) is 5.82 Å². The van der Waals surface area contributed by atoms with E-state index in [0.717, 1.165) is 29.0 Å². The molecule has 0 saturated heterocycles. The van der Waals surface area contributed by atoms with Crippen molar-refractivity contribution in [3.05, 3.63) is 53.8 Å². The topological polar surface area (TPSA) is 21.3 Å². The summed E-state index contributed by atoms with van der Waals surface area (Å²) >= 11 is 0. The SMILES string of the molecule is COc1ccc(-c2ccc(F)cc2)cc1CNC1CC1. The minimum atomic E-state index is -0.210. The van der Waals surface area contributed by atoms with E-state index in [1.807, 2.05) is 12.1 Å². The fraction of sp³-hybridized carbons (Fsp3) is 0.294. The Morgan fingerprint density at radius 3 is 2.45 bits per heavy atom. The molecule has 1 saturated carbocycles. The van der Waals surface area contributed by atoms with Gasteiger partial charge < -0.3 is 10.1 Å². The summed E-state index contributed by atoms with van der Waals surface area (Å²) in [5.74, 6) is 0.682. The summed E-state index contributed by atoms with van der Waals surface area (Å²) in [4.78, 5) is 0. The Morgan fingerprint density at radius 2 is 1.80 bits per heavy atom. The first-order chi connectivity index (χ1) is 9.76. The predicted molar refractivity (Wildman–Crippen MR) is 78.2 cm³/mol. The van der Waals surface area contributed by atoms with E-state index < -0.39 is 0 Å². The minimum absolute atomic E-state index is 0.210. The number of methoxy groups -OCH3 is 1. The van der Waals surface area contributed by atoms with Crippen LogP contribution in [0.4, 0.5) is 4.39 Å². The van der Waals surface area contributed by atoms with Gasteiger partial charge in [0.15, 0.2) is 0 Å². The lowest BCUT2D eigenvalue weighted by Crippen LogP contribution is -2.15. The Bertz CT molecular complexity index is 590. The van der Waals surface area contributed by atoms with Gasteiger partial charge in [0, 0.05) is 18.2 Å². The van der Waals surface area contributed by atoms with Gasteiger partial charge in [0.25, 0.3) is 0 Å². The van der Waals surface area contributed by atoms with Crippen LogP contribution in [-0.2, 0) is 6.54 Å². The summed E-state index contributed by atoms with van der Waals surface area (Å²) in [5, 5.41) is 3.50. The quantitative estimate of drug-likeness (QED) is 0.894. The molecule has 0 spiro atoms. The number of benzene rings is 2. The van der Waals surface area contributed by atoms with E-state index in [1.165, 1.54) is 25.0 Å². The molecule has 0 bridgehead atoms. The molecule has 104 valence electrons. The van der Waals surface area contributed by atoms with Crippen molar-refractivity contribution >= 4 is 0 Å². The van der Waals surface area contributed by atoms with Crippen molar-refractivity contribution in [1.29, 1.82) is 0 Å². The highest BCUT2D eigenvalue weighted by Crippen LogP contribution is 2.28. The Kier molecular flexibility index (Phi) is 3.70. The molecule has 3 rings (SSSR count). The lowest BCUT2D eigenvalue weighted by atomic mass is 10.0. The molecule has 20 heavy (non-hydrogen) atoms. The van der Waals surface area contributed by atoms with E-state index in [9.17, 15) is 4.39 Å². The van der Waals surface area contributed by atoms with Gasteiger partial charge in [0.2, 0.25) is 0 Å². The van der Waals surface area contributed by atoms with Crippen LogP contribution in [0.25, 0.3) is 11.1 Å². The van der Waals surface area contributed by atoms with Gasteiger partial charge in [-0.15, -0.1) is 0 Å². The number of ether oxygens (including phenoxy) is 1. The summed E-state index contributed by atoms with van der Waals surface area (Å²) in [6.07, 6.45) is 2.53. The van der Waals surface area contributed by atoms with Gasteiger partial charge in [0.05, 0.1) is 7.11 Å².